The van der Waals surface area contributed by atoms with Crippen LogP contribution in [0, 0.1) is 6.92 Å². The molecule has 1 aliphatic rings. The quantitative estimate of drug-likeness (QED) is 0.556. The van der Waals surface area contributed by atoms with Crippen LogP contribution in [0.3, 0.4) is 0 Å². The predicted molar refractivity (Wildman–Crippen MR) is 108 cm³/mol. The van der Waals surface area contributed by atoms with Crippen molar-refractivity contribution in [3.05, 3.63) is 16.2 Å². The number of aromatic nitrogens is 3. The summed E-state index contributed by atoms with van der Waals surface area (Å²) in [7, 11) is 1.74. The third-order valence-electron chi connectivity index (χ3n) is 4.40. The minimum Gasteiger partial charge on any atom is -0.444 e. The van der Waals surface area contributed by atoms with Crippen LogP contribution in [0.1, 0.15) is 26.3 Å². The van der Waals surface area contributed by atoms with Gasteiger partial charge in [0.15, 0.2) is 17.3 Å². The standard InChI is InChI=1S/C17H24BrN7O2/c1-9-11(18)6-20-13-12(9)21-14(23-19)15(22-13)25-7-10(8-25)24(5)16(26)27-17(2,3)4/h6,10H,7-8,19H2,1-5H3,(H,21,23). The number of likely N-dealkylation sites (N-methyl/N-ethyl adjacent to an activating group) is 1. The number of anilines is 2. The zero-order chi connectivity index (χ0) is 19.9. The summed E-state index contributed by atoms with van der Waals surface area (Å²) in [4.78, 5) is 29.4. The van der Waals surface area contributed by atoms with Gasteiger partial charge in [0.25, 0.3) is 0 Å². The van der Waals surface area contributed by atoms with Crippen molar-refractivity contribution in [2.75, 3.05) is 30.5 Å². The number of carbonyl (C=O) groups excluding carboxylic acids is 1. The molecule has 10 heteroatoms. The molecule has 9 nitrogen and oxygen atoms in total. The molecule has 0 atom stereocenters. The largest absolute Gasteiger partial charge is 0.444 e. The Hall–Kier alpha value is -2.20. The van der Waals surface area contributed by atoms with Crippen LogP contribution in [0.4, 0.5) is 16.4 Å². The van der Waals surface area contributed by atoms with Crippen LogP contribution in [0.15, 0.2) is 10.7 Å². The molecule has 0 radical (unpaired) electrons. The Morgan fingerprint density at radius 2 is 2.07 bits per heavy atom. The van der Waals surface area contributed by atoms with Gasteiger partial charge in [0.2, 0.25) is 0 Å². The summed E-state index contributed by atoms with van der Waals surface area (Å²) >= 11 is 3.45. The summed E-state index contributed by atoms with van der Waals surface area (Å²) in [5.74, 6) is 6.76. The first-order valence-electron chi connectivity index (χ1n) is 8.61. The molecule has 0 unspecified atom stereocenters. The van der Waals surface area contributed by atoms with Crippen LogP contribution in [0.2, 0.25) is 0 Å². The van der Waals surface area contributed by atoms with E-state index in [1.807, 2.05) is 32.6 Å². The van der Waals surface area contributed by atoms with E-state index in [1.165, 1.54) is 0 Å². The fourth-order valence-electron chi connectivity index (χ4n) is 2.76. The number of pyridine rings is 1. The van der Waals surface area contributed by atoms with Crippen LogP contribution in [0.25, 0.3) is 11.2 Å². The minimum atomic E-state index is -0.521. The molecule has 3 rings (SSSR count). The Kier molecular flexibility index (Phi) is 5.13. The molecule has 0 spiro atoms. The van der Waals surface area contributed by atoms with E-state index in [-0.39, 0.29) is 12.1 Å². The molecule has 0 saturated carbocycles. The molecule has 3 N–H and O–H groups in total. The average Bonchev–Trinajstić information content (AvgIpc) is 2.55. The highest BCUT2D eigenvalue weighted by Gasteiger charge is 2.36. The van der Waals surface area contributed by atoms with Gasteiger partial charge in [-0.05, 0) is 49.2 Å². The maximum absolute atomic E-state index is 12.2. The van der Waals surface area contributed by atoms with E-state index >= 15 is 0 Å². The van der Waals surface area contributed by atoms with E-state index in [1.54, 1.807) is 18.1 Å². The number of aryl methyl sites for hydroxylation is 1. The maximum Gasteiger partial charge on any atom is 0.410 e. The number of hydrogen-bond acceptors (Lipinski definition) is 8. The Bertz CT molecular complexity index is 878. The second-order valence-electron chi connectivity index (χ2n) is 7.59. The van der Waals surface area contributed by atoms with Crippen molar-refractivity contribution < 1.29 is 9.53 Å². The normalized spacial score (nSPS) is 14.9. The monoisotopic (exact) mass is 437 g/mol. The highest BCUT2D eigenvalue weighted by atomic mass is 79.9. The SMILES string of the molecule is Cc1c(Br)cnc2nc(N3CC(N(C)C(=O)OC(C)(C)C)C3)c(NN)nc12. The van der Waals surface area contributed by atoms with Gasteiger partial charge in [0.1, 0.15) is 11.1 Å². The van der Waals surface area contributed by atoms with Crippen LogP contribution in [0.5, 0.6) is 0 Å². The molecule has 3 heterocycles. The molecule has 2 aromatic heterocycles. The topological polar surface area (TPSA) is 110 Å². The molecule has 0 aromatic carbocycles. The summed E-state index contributed by atoms with van der Waals surface area (Å²) in [5.41, 5.74) is 4.28. The van der Waals surface area contributed by atoms with Crippen molar-refractivity contribution in [3.63, 3.8) is 0 Å². The van der Waals surface area contributed by atoms with Gasteiger partial charge < -0.3 is 20.0 Å². The van der Waals surface area contributed by atoms with Gasteiger partial charge in [-0.3, -0.25) is 0 Å². The van der Waals surface area contributed by atoms with E-state index in [0.717, 1.165) is 10.0 Å². The summed E-state index contributed by atoms with van der Waals surface area (Å²) < 4.78 is 6.28. The fraction of sp³-hybridized carbons (Fsp3) is 0.529. The first kappa shape index (κ1) is 19.6. The lowest BCUT2D eigenvalue weighted by molar-refractivity contribution is 0.0196. The number of fused-ring (bicyclic) bond motifs is 1. The van der Waals surface area contributed by atoms with Crippen molar-refractivity contribution in [2.24, 2.45) is 5.84 Å². The molecule has 2 aromatic rings. The van der Waals surface area contributed by atoms with Gasteiger partial charge in [-0.25, -0.2) is 25.6 Å². The van der Waals surface area contributed by atoms with Crippen molar-refractivity contribution in [3.8, 4) is 0 Å². The molecule has 0 aliphatic carbocycles. The molecule has 146 valence electrons. The first-order chi connectivity index (χ1) is 12.6. The van der Waals surface area contributed by atoms with Gasteiger partial charge >= 0.3 is 6.09 Å². The van der Waals surface area contributed by atoms with Crippen molar-refractivity contribution >= 4 is 44.8 Å². The molecule has 1 fully saturated rings. The highest BCUT2D eigenvalue weighted by Crippen LogP contribution is 2.31. The van der Waals surface area contributed by atoms with E-state index < -0.39 is 5.60 Å². The lowest BCUT2D eigenvalue weighted by Gasteiger charge is -2.44. The third kappa shape index (κ3) is 3.91. The molecule has 1 amide bonds. The smallest absolute Gasteiger partial charge is 0.410 e. The summed E-state index contributed by atoms with van der Waals surface area (Å²) in [5, 5.41) is 0. The number of halogens is 1. The van der Waals surface area contributed by atoms with Gasteiger partial charge in [-0.15, -0.1) is 0 Å². The summed E-state index contributed by atoms with van der Waals surface area (Å²) in [6.07, 6.45) is 1.37. The molecule has 27 heavy (non-hydrogen) atoms. The van der Waals surface area contributed by atoms with Gasteiger partial charge in [-0.1, -0.05) is 0 Å². The Balaban J connectivity index is 1.78. The van der Waals surface area contributed by atoms with Gasteiger partial charge in [0.05, 0.1) is 6.04 Å². The fourth-order valence-corrected chi connectivity index (χ4v) is 3.05. The minimum absolute atomic E-state index is 0.0302. The molecule has 1 aliphatic heterocycles. The average molecular weight is 438 g/mol. The highest BCUT2D eigenvalue weighted by molar-refractivity contribution is 9.10. The summed E-state index contributed by atoms with van der Waals surface area (Å²) in [6, 6.07) is 0.0302. The lowest BCUT2D eigenvalue weighted by atomic mass is 10.1. The van der Waals surface area contributed by atoms with Gasteiger partial charge in [-0.2, -0.15) is 0 Å². The van der Waals surface area contributed by atoms with Crippen LogP contribution < -0.4 is 16.2 Å². The molecular weight excluding hydrogens is 414 g/mol. The zero-order valence-electron chi connectivity index (χ0n) is 16.1. The van der Waals surface area contributed by atoms with E-state index in [4.69, 9.17) is 10.6 Å². The predicted octanol–water partition coefficient (Wildman–Crippen LogP) is 2.44. The van der Waals surface area contributed by atoms with E-state index in [9.17, 15) is 4.79 Å². The van der Waals surface area contributed by atoms with Crippen LogP contribution >= 0.6 is 15.9 Å². The lowest BCUT2D eigenvalue weighted by Crippen LogP contribution is -2.60. The van der Waals surface area contributed by atoms with E-state index in [0.29, 0.717) is 35.9 Å². The van der Waals surface area contributed by atoms with E-state index in [2.05, 4.69) is 36.3 Å². The number of hydrogen-bond donors (Lipinski definition) is 2. The first-order valence-corrected chi connectivity index (χ1v) is 9.40. The second-order valence-corrected chi connectivity index (χ2v) is 8.45. The number of amides is 1. The number of nitrogens with one attached hydrogen (secondary N) is 1. The maximum atomic E-state index is 12.2. The number of nitrogens with zero attached hydrogens (tertiary/aromatic N) is 5. The van der Waals surface area contributed by atoms with Crippen molar-refractivity contribution in [2.45, 2.75) is 39.3 Å². The number of nitrogen functional groups attached to an aromatic ring is 1. The molecular formula is C17H24BrN7O2. The third-order valence-corrected chi connectivity index (χ3v) is 5.20. The van der Waals surface area contributed by atoms with Crippen LogP contribution in [-0.2, 0) is 4.74 Å². The second kappa shape index (κ2) is 7.08. The number of ether oxygens (including phenoxy) is 1. The van der Waals surface area contributed by atoms with Crippen molar-refractivity contribution in [1.82, 2.24) is 19.9 Å². The number of carbonyl (C=O) groups is 1. The Morgan fingerprint density at radius 1 is 1.41 bits per heavy atom. The Morgan fingerprint density at radius 3 is 2.67 bits per heavy atom. The summed E-state index contributed by atoms with van der Waals surface area (Å²) in [6.45, 7) is 8.72. The molecule has 0 bridgehead atoms. The molecule has 1 saturated heterocycles. The zero-order valence-corrected chi connectivity index (χ0v) is 17.7. The van der Waals surface area contributed by atoms with Crippen LogP contribution in [-0.4, -0.2) is 57.7 Å². The number of rotatable bonds is 3. The number of nitrogens with two attached hydrogens (primary N) is 1. The Labute approximate surface area is 166 Å². The number of hydrazine groups is 1. The van der Waals surface area contributed by atoms with Gasteiger partial charge in [0, 0.05) is 30.8 Å². The van der Waals surface area contributed by atoms with Crippen molar-refractivity contribution in [1.29, 1.82) is 0 Å².